The molecule has 0 saturated carbocycles. The van der Waals surface area contributed by atoms with Crippen molar-refractivity contribution in [2.75, 3.05) is 13.1 Å². The quantitative estimate of drug-likeness (QED) is 0.892. The lowest BCUT2D eigenvalue weighted by Gasteiger charge is -2.26. The fraction of sp³-hybridized carbons (Fsp3) is 0.562. The molecule has 1 aromatic rings. The molecular weight excluding hydrogens is 309 g/mol. The van der Waals surface area contributed by atoms with Gasteiger partial charge in [0.1, 0.15) is 11.4 Å². The smallest absolute Gasteiger partial charge is 0.416 e. The van der Waals surface area contributed by atoms with Crippen LogP contribution in [-0.4, -0.2) is 24.6 Å². The third-order valence-electron chi connectivity index (χ3n) is 3.42. The normalized spacial score (nSPS) is 15.9. The van der Waals surface area contributed by atoms with Crippen LogP contribution in [0.1, 0.15) is 31.9 Å². The van der Waals surface area contributed by atoms with Gasteiger partial charge in [-0.2, -0.15) is 13.2 Å². The molecular formula is C16H21F3N2O2. The number of benzene rings is 1. The molecule has 0 unspecified atom stereocenters. The maximum Gasteiger partial charge on any atom is 0.416 e. The Morgan fingerprint density at radius 1 is 1.30 bits per heavy atom. The molecule has 128 valence electrons. The number of alkyl halides is 3. The van der Waals surface area contributed by atoms with E-state index in [0.29, 0.717) is 13.1 Å². The number of nitrogens with one attached hydrogen (secondary N) is 2. The highest BCUT2D eigenvalue weighted by molar-refractivity contribution is 5.80. The van der Waals surface area contributed by atoms with Gasteiger partial charge in [0.05, 0.1) is 11.5 Å². The average molecular weight is 330 g/mol. The Hall–Kier alpha value is -1.76. The molecule has 0 atom stereocenters. The second-order valence-electron chi connectivity index (χ2n) is 6.60. The zero-order chi connectivity index (χ0) is 17.3. The standard InChI is InChI=1S/C16H21F3N2O2/c1-15(2,3)23-12-5-4-10(13(6-12)16(17,18)19)9-21-14(22)11-7-20-8-11/h4-6,11,20H,7-9H2,1-3H3,(H,21,22). The first-order valence-corrected chi connectivity index (χ1v) is 7.44. The SMILES string of the molecule is CC(C)(C)Oc1ccc(CNC(=O)C2CNC2)c(C(F)(F)F)c1. The van der Waals surface area contributed by atoms with Crippen molar-refractivity contribution in [3.05, 3.63) is 29.3 Å². The van der Waals surface area contributed by atoms with Gasteiger partial charge in [0.25, 0.3) is 0 Å². The largest absolute Gasteiger partial charge is 0.488 e. The molecule has 2 rings (SSSR count). The zero-order valence-corrected chi connectivity index (χ0v) is 13.4. The summed E-state index contributed by atoms with van der Waals surface area (Å²) in [5, 5.41) is 5.51. The lowest BCUT2D eigenvalue weighted by molar-refractivity contribution is -0.138. The lowest BCUT2D eigenvalue weighted by atomic mass is 10.0. The summed E-state index contributed by atoms with van der Waals surface area (Å²) in [5.74, 6) is -0.233. The van der Waals surface area contributed by atoms with Crippen LogP contribution in [0.5, 0.6) is 5.75 Å². The van der Waals surface area contributed by atoms with Crippen molar-refractivity contribution in [2.45, 2.75) is 39.1 Å². The van der Waals surface area contributed by atoms with Crippen LogP contribution in [0.4, 0.5) is 13.2 Å². The number of amides is 1. The van der Waals surface area contributed by atoms with Crippen LogP contribution >= 0.6 is 0 Å². The Morgan fingerprint density at radius 2 is 1.96 bits per heavy atom. The van der Waals surface area contributed by atoms with Crippen molar-refractivity contribution in [1.82, 2.24) is 10.6 Å². The summed E-state index contributed by atoms with van der Waals surface area (Å²) < 4.78 is 45.2. The van der Waals surface area contributed by atoms with E-state index < -0.39 is 17.3 Å². The summed E-state index contributed by atoms with van der Waals surface area (Å²) >= 11 is 0. The minimum Gasteiger partial charge on any atom is -0.488 e. The van der Waals surface area contributed by atoms with Gasteiger partial charge in [0.2, 0.25) is 5.91 Å². The van der Waals surface area contributed by atoms with Gasteiger partial charge in [-0.05, 0) is 38.5 Å². The third kappa shape index (κ3) is 4.86. The number of carbonyl (C=O) groups excluding carboxylic acids is 1. The molecule has 0 spiro atoms. The highest BCUT2D eigenvalue weighted by atomic mass is 19.4. The molecule has 1 aliphatic heterocycles. The van der Waals surface area contributed by atoms with Crippen LogP contribution in [0.15, 0.2) is 18.2 Å². The second kappa shape index (κ2) is 6.39. The van der Waals surface area contributed by atoms with Gasteiger partial charge in [-0.1, -0.05) is 6.07 Å². The predicted molar refractivity (Wildman–Crippen MR) is 80.0 cm³/mol. The first-order chi connectivity index (χ1) is 10.6. The molecule has 0 radical (unpaired) electrons. The van der Waals surface area contributed by atoms with Crippen LogP contribution in [0, 0.1) is 5.92 Å². The van der Waals surface area contributed by atoms with Crippen molar-refractivity contribution < 1.29 is 22.7 Å². The molecule has 1 saturated heterocycles. The van der Waals surface area contributed by atoms with E-state index in [9.17, 15) is 18.0 Å². The first kappa shape index (κ1) is 17.6. The lowest BCUT2D eigenvalue weighted by Crippen LogP contribution is -2.50. The maximum atomic E-state index is 13.2. The summed E-state index contributed by atoms with van der Waals surface area (Å²) in [5.41, 5.74) is -1.35. The van der Waals surface area contributed by atoms with E-state index in [-0.39, 0.29) is 29.7 Å². The molecule has 1 fully saturated rings. The molecule has 1 aromatic carbocycles. The van der Waals surface area contributed by atoms with Gasteiger partial charge in [-0.3, -0.25) is 4.79 Å². The summed E-state index contributed by atoms with van der Waals surface area (Å²) in [7, 11) is 0. The van der Waals surface area contributed by atoms with Gasteiger partial charge in [-0.25, -0.2) is 0 Å². The van der Waals surface area contributed by atoms with Crippen LogP contribution in [0.25, 0.3) is 0 Å². The van der Waals surface area contributed by atoms with Crippen LogP contribution in [0.3, 0.4) is 0 Å². The summed E-state index contributed by atoms with van der Waals surface area (Å²) in [6.45, 7) is 6.27. The van der Waals surface area contributed by atoms with Crippen LogP contribution in [-0.2, 0) is 17.5 Å². The first-order valence-electron chi connectivity index (χ1n) is 7.44. The van der Waals surface area contributed by atoms with E-state index in [1.165, 1.54) is 12.1 Å². The molecule has 7 heteroatoms. The van der Waals surface area contributed by atoms with Crippen LogP contribution < -0.4 is 15.4 Å². The van der Waals surface area contributed by atoms with E-state index in [1.54, 1.807) is 20.8 Å². The van der Waals surface area contributed by atoms with Gasteiger partial charge < -0.3 is 15.4 Å². The van der Waals surface area contributed by atoms with E-state index in [1.807, 2.05) is 0 Å². The monoisotopic (exact) mass is 330 g/mol. The molecule has 2 N–H and O–H groups in total. The second-order valence-corrected chi connectivity index (χ2v) is 6.60. The minimum atomic E-state index is -4.50. The van der Waals surface area contributed by atoms with E-state index in [4.69, 9.17) is 4.74 Å². The zero-order valence-electron chi connectivity index (χ0n) is 13.4. The molecule has 0 bridgehead atoms. The highest BCUT2D eigenvalue weighted by Crippen LogP contribution is 2.35. The molecule has 1 aliphatic rings. The van der Waals surface area contributed by atoms with Crippen LogP contribution in [0.2, 0.25) is 0 Å². The Morgan fingerprint density at radius 3 is 2.43 bits per heavy atom. The molecule has 0 aromatic heterocycles. The van der Waals surface area contributed by atoms with E-state index >= 15 is 0 Å². The Labute approximate surface area is 133 Å². The van der Waals surface area contributed by atoms with Gasteiger partial charge >= 0.3 is 6.18 Å². The summed E-state index contributed by atoms with van der Waals surface area (Å²) in [6.07, 6.45) is -4.50. The molecule has 1 amide bonds. The van der Waals surface area contributed by atoms with Gasteiger partial charge in [-0.15, -0.1) is 0 Å². The number of carbonyl (C=O) groups is 1. The molecule has 1 heterocycles. The summed E-state index contributed by atoms with van der Waals surface area (Å²) in [6, 6.07) is 3.83. The average Bonchev–Trinajstić information content (AvgIpc) is 2.32. The fourth-order valence-electron chi connectivity index (χ4n) is 2.19. The predicted octanol–water partition coefficient (Wildman–Crippen LogP) is 2.72. The number of hydrogen-bond acceptors (Lipinski definition) is 3. The fourth-order valence-corrected chi connectivity index (χ4v) is 2.19. The van der Waals surface area contributed by atoms with Crippen molar-refractivity contribution in [3.8, 4) is 5.75 Å². The maximum absolute atomic E-state index is 13.2. The molecule has 23 heavy (non-hydrogen) atoms. The number of hydrogen-bond donors (Lipinski definition) is 2. The van der Waals surface area contributed by atoms with Crippen molar-refractivity contribution in [2.24, 2.45) is 5.92 Å². The van der Waals surface area contributed by atoms with E-state index in [0.717, 1.165) is 6.07 Å². The topological polar surface area (TPSA) is 50.4 Å². The number of ether oxygens (including phenoxy) is 1. The number of halogens is 3. The Balaban J connectivity index is 2.15. The Bertz CT molecular complexity index is 576. The number of rotatable bonds is 4. The van der Waals surface area contributed by atoms with Crippen molar-refractivity contribution in [3.63, 3.8) is 0 Å². The van der Waals surface area contributed by atoms with Gasteiger partial charge in [0, 0.05) is 19.6 Å². The van der Waals surface area contributed by atoms with E-state index in [2.05, 4.69) is 10.6 Å². The molecule has 0 aliphatic carbocycles. The van der Waals surface area contributed by atoms with Crippen molar-refractivity contribution in [1.29, 1.82) is 0 Å². The minimum absolute atomic E-state index is 0.0272. The highest BCUT2D eigenvalue weighted by Gasteiger charge is 2.34. The summed E-state index contributed by atoms with van der Waals surface area (Å²) in [4.78, 5) is 11.8. The van der Waals surface area contributed by atoms with Crippen molar-refractivity contribution >= 4 is 5.91 Å². The Kier molecular flexibility index (Phi) is 4.89. The third-order valence-corrected chi connectivity index (χ3v) is 3.42. The van der Waals surface area contributed by atoms with Gasteiger partial charge in [0.15, 0.2) is 0 Å². The molecule has 4 nitrogen and oxygen atoms in total.